The highest BCUT2D eigenvalue weighted by molar-refractivity contribution is 5.97. The second kappa shape index (κ2) is 13.5. The van der Waals surface area contributed by atoms with Crippen LogP contribution in [0.5, 0.6) is 0 Å². The SMILES string of the molecule is NC(=O)CC(N)C(=O)NC(CC(N)=O)C(=O)NC(CCC(=O)O)C(=O)NC(CO)C(=O)O. The molecule has 0 aliphatic heterocycles. The number of primary amides is 2. The number of nitrogens with one attached hydrogen (secondary N) is 3. The second-order valence-corrected chi connectivity index (χ2v) is 6.58. The van der Waals surface area contributed by atoms with Gasteiger partial charge in [0, 0.05) is 6.42 Å². The van der Waals surface area contributed by atoms with Crippen LogP contribution in [0.1, 0.15) is 25.7 Å². The summed E-state index contributed by atoms with van der Waals surface area (Å²) in [4.78, 5) is 80.9. The number of carbonyl (C=O) groups excluding carboxylic acids is 5. The summed E-state index contributed by atoms with van der Waals surface area (Å²) in [5.41, 5.74) is 15.4. The minimum absolute atomic E-state index is 0.497. The molecule has 0 heterocycles. The van der Waals surface area contributed by atoms with Gasteiger partial charge in [0.2, 0.25) is 29.5 Å². The molecule has 0 aliphatic rings. The average Bonchev–Trinajstić information content (AvgIpc) is 2.66. The van der Waals surface area contributed by atoms with Gasteiger partial charge in [0.05, 0.1) is 25.5 Å². The summed E-state index contributed by atoms with van der Waals surface area (Å²) >= 11 is 0. The van der Waals surface area contributed by atoms with Gasteiger partial charge < -0.3 is 48.5 Å². The molecule has 4 atom stereocenters. The summed E-state index contributed by atoms with van der Waals surface area (Å²) in [5, 5.41) is 32.8. The number of carboxylic acid groups (broad SMARTS) is 2. The number of aliphatic hydroxyl groups is 1. The van der Waals surface area contributed by atoms with Gasteiger partial charge in [-0.25, -0.2) is 4.79 Å². The van der Waals surface area contributed by atoms with Crippen molar-refractivity contribution in [1.29, 1.82) is 0 Å². The van der Waals surface area contributed by atoms with E-state index in [0.717, 1.165) is 0 Å². The molecule has 0 saturated carbocycles. The lowest BCUT2D eigenvalue weighted by Crippen LogP contribution is -2.58. The van der Waals surface area contributed by atoms with Crippen LogP contribution in [0.4, 0.5) is 0 Å². The van der Waals surface area contributed by atoms with Crippen molar-refractivity contribution < 1.29 is 48.9 Å². The number of aliphatic carboxylic acids is 2. The van der Waals surface area contributed by atoms with Gasteiger partial charge in [-0.05, 0) is 6.42 Å². The van der Waals surface area contributed by atoms with Crippen LogP contribution in [-0.2, 0) is 33.6 Å². The highest BCUT2D eigenvalue weighted by atomic mass is 16.4. The first-order valence-corrected chi connectivity index (χ1v) is 9.07. The molecular weight excluding hydrogens is 436 g/mol. The molecule has 180 valence electrons. The van der Waals surface area contributed by atoms with Gasteiger partial charge in [0.25, 0.3) is 0 Å². The lowest BCUT2D eigenvalue weighted by molar-refractivity contribution is -0.144. The number of aliphatic hydroxyl groups excluding tert-OH is 1. The van der Waals surface area contributed by atoms with Gasteiger partial charge in [-0.1, -0.05) is 0 Å². The number of hydrogen-bond donors (Lipinski definition) is 9. The van der Waals surface area contributed by atoms with Gasteiger partial charge in [0.1, 0.15) is 18.1 Å². The lowest BCUT2D eigenvalue weighted by Gasteiger charge is -2.24. The number of rotatable bonds is 15. The first-order chi connectivity index (χ1) is 14.8. The van der Waals surface area contributed by atoms with Gasteiger partial charge in [-0.2, -0.15) is 0 Å². The fourth-order valence-corrected chi connectivity index (χ4v) is 2.27. The Kier molecular flexibility index (Phi) is 11.9. The zero-order chi connectivity index (χ0) is 25.0. The molecule has 0 aromatic heterocycles. The molecule has 0 radical (unpaired) electrons. The van der Waals surface area contributed by atoms with Crippen LogP contribution in [0, 0.1) is 0 Å². The molecule has 5 amide bonds. The van der Waals surface area contributed by atoms with Crippen LogP contribution in [-0.4, -0.2) is 87.6 Å². The molecule has 12 N–H and O–H groups in total. The van der Waals surface area contributed by atoms with Gasteiger partial charge in [0.15, 0.2) is 0 Å². The van der Waals surface area contributed by atoms with Crippen molar-refractivity contribution in [2.75, 3.05) is 6.61 Å². The van der Waals surface area contributed by atoms with Crippen molar-refractivity contribution >= 4 is 41.5 Å². The monoisotopic (exact) mass is 462 g/mol. The van der Waals surface area contributed by atoms with Crippen LogP contribution >= 0.6 is 0 Å². The molecule has 16 heteroatoms. The first-order valence-electron chi connectivity index (χ1n) is 9.07. The quantitative estimate of drug-likeness (QED) is 0.110. The molecule has 0 rings (SSSR count). The summed E-state index contributed by atoms with van der Waals surface area (Å²) < 4.78 is 0. The Balaban J connectivity index is 5.51. The largest absolute Gasteiger partial charge is 0.481 e. The maximum absolute atomic E-state index is 12.5. The summed E-state index contributed by atoms with van der Waals surface area (Å²) in [6.07, 6.45) is -2.44. The highest BCUT2D eigenvalue weighted by Gasteiger charge is 2.31. The normalized spacial score (nSPS) is 14.2. The van der Waals surface area contributed by atoms with Crippen molar-refractivity contribution in [2.24, 2.45) is 17.2 Å². The average molecular weight is 462 g/mol. The van der Waals surface area contributed by atoms with Crippen molar-refractivity contribution in [2.45, 2.75) is 49.9 Å². The topological polar surface area (TPSA) is 294 Å². The Morgan fingerprint density at radius 2 is 1.19 bits per heavy atom. The zero-order valence-electron chi connectivity index (χ0n) is 16.8. The summed E-state index contributed by atoms with van der Waals surface area (Å²) in [7, 11) is 0. The van der Waals surface area contributed by atoms with Gasteiger partial charge in [-0.3, -0.25) is 28.8 Å². The van der Waals surface area contributed by atoms with Crippen LogP contribution in [0.25, 0.3) is 0 Å². The summed E-state index contributed by atoms with van der Waals surface area (Å²) in [6.45, 7) is -0.987. The molecule has 0 bridgehead atoms. The minimum Gasteiger partial charge on any atom is -0.481 e. The minimum atomic E-state index is -1.74. The van der Waals surface area contributed by atoms with Crippen molar-refractivity contribution in [3.05, 3.63) is 0 Å². The van der Waals surface area contributed by atoms with E-state index in [0.29, 0.717) is 0 Å². The van der Waals surface area contributed by atoms with E-state index < -0.39 is 97.9 Å². The van der Waals surface area contributed by atoms with E-state index in [9.17, 15) is 33.6 Å². The molecule has 4 unspecified atom stereocenters. The predicted molar refractivity (Wildman–Crippen MR) is 103 cm³/mol. The Bertz CT molecular complexity index is 758. The fraction of sp³-hybridized carbons (Fsp3) is 0.562. The van der Waals surface area contributed by atoms with E-state index in [4.69, 9.17) is 32.5 Å². The van der Waals surface area contributed by atoms with E-state index in [1.54, 1.807) is 0 Å². The van der Waals surface area contributed by atoms with Crippen LogP contribution in [0.15, 0.2) is 0 Å². The first kappa shape index (κ1) is 28.2. The molecule has 0 spiro atoms. The molecule has 0 fully saturated rings. The maximum Gasteiger partial charge on any atom is 0.328 e. The van der Waals surface area contributed by atoms with Crippen LogP contribution < -0.4 is 33.2 Å². The van der Waals surface area contributed by atoms with E-state index in [-0.39, 0.29) is 0 Å². The Labute approximate surface area is 180 Å². The molecule has 32 heavy (non-hydrogen) atoms. The fourth-order valence-electron chi connectivity index (χ4n) is 2.27. The Morgan fingerprint density at radius 3 is 1.62 bits per heavy atom. The van der Waals surface area contributed by atoms with Crippen LogP contribution in [0.2, 0.25) is 0 Å². The number of nitrogens with two attached hydrogens (primary N) is 3. The Morgan fingerprint density at radius 1 is 0.719 bits per heavy atom. The number of carboxylic acids is 2. The molecule has 0 aliphatic carbocycles. The molecule has 0 aromatic carbocycles. The van der Waals surface area contributed by atoms with Gasteiger partial charge >= 0.3 is 11.9 Å². The van der Waals surface area contributed by atoms with E-state index >= 15 is 0 Å². The smallest absolute Gasteiger partial charge is 0.328 e. The van der Waals surface area contributed by atoms with E-state index in [1.807, 2.05) is 5.32 Å². The number of amides is 5. The summed E-state index contributed by atoms with van der Waals surface area (Å²) in [6, 6.07) is -6.46. The molecule has 0 aromatic rings. The third-order valence-corrected chi connectivity index (χ3v) is 3.87. The number of hydrogen-bond acceptors (Lipinski definition) is 9. The van der Waals surface area contributed by atoms with Crippen molar-refractivity contribution in [3.63, 3.8) is 0 Å². The molecule has 16 nitrogen and oxygen atoms in total. The molecule has 0 saturated heterocycles. The van der Waals surface area contributed by atoms with Gasteiger partial charge in [-0.15, -0.1) is 0 Å². The highest BCUT2D eigenvalue weighted by Crippen LogP contribution is 2.03. The van der Waals surface area contributed by atoms with Crippen LogP contribution in [0.3, 0.4) is 0 Å². The summed E-state index contributed by atoms with van der Waals surface area (Å²) in [5.74, 6) is -8.21. The standard InChI is InChI=1S/C16H26N6O10/c17-6(3-10(18)24)13(28)21-8(4-11(19)25)15(30)20-7(1-2-12(26)27)14(29)22-9(5-23)16(31)32/h6-9,23H,1-5,17H2,(H2,18,24)(H2,19,25)(H,20,30)(H,21,28)(H,22,29)(H,26,27)(H,31,32). The van der Waals surface area contributed by atoms with Crippen molar-refractivity contribution in [3.8, 4) is 0 Å². The maximum atomic E-state index is 12.5. The van der Waals surface area contributed by atoms with E-state index in [2.05, 4.69) is 10.6 Å². The van der Waals surface area contributed by atoms with E-state index in [1.165, 1.54) is 0 Å². The third kappa shape index (κ3) is 10.8. The lowest BCUT2D eigenvalue weighted by atomic mass is 10.1. The van der Waals surface area contributed by atoms with Crippen molar-refractivity contribution in [1.82, 2.24) is 16.0 Å². The number of carbonyl (C=O) groups is 7. The third-order valence-electron chi connectivity index (χ3n) is 3.87. The Hall–Kier alpha value is -3.79. The second-order valence-electron chi connectivity index (χ2n) is 6.58. The predicted octanol–water partition coefficient (Wildman–Crippen LogP) is -5.54. The zero-order valence-corrected chi connectivity index (χ0v) is 16.8. The molecular formula is C16H26N6O10.